The first-order valence-electron chi connectivity index (χ1n) is 9.99. The maximum absolute atomic E-state index is 2.43. The Kier molecular flexibility index (Phi) is 6.69. The summed E-state index contributed by atoms with van der Waals surface area (Å²) < 4.78 is 8.26. The normalized spacial score (nSPS) is 15.7. The zero-order valence-electron chi connectivity index (χ0n) is 16.8. The molecule has 1 aromatic heterocycles. The molecular weight excluding hydrogens is 486 g/mol. The molecule has 1 aliphatic heterocycles. The first-order valence-corrected chi connectivity index (χ1v) is 13.4. The van der Waals surface area contributed by atoms with Gasteiger partial charge in [-0.2, -0.15) is 0 Å². The van der Waals surface area contributed by atoms with E-state index in [2.05, 4.69) is 114 Å². The Labute approximate surface area is 185 Å². The molecule has 0 unspecified atom stereocenters. The SMILES string of the molecule is CCN1/C(=C/C=C/C=C/C=C/c2[se]c3ccccc3[n+]2CC)[Se]c2ccccc21. The number of rotatable bonds is 6. The molecule has 0 radical (unpaired) electrons. The van der Waals surface area contributed by atoms with Gasteiger partial charge in [-0.3, -0.25) is 0 Å². The average Bonchev–Trinajstić information content (AvgIpc) is 3.29. The Morgan fingerprint density at radius 1 is 0.897 bits per heavy atom. The van der Waals surface area contributed by atoms with Gasteiger partial charge in [0.1, 0.15) is 0 Å². The van der Waals surface area contributed by atoms with Crippen LogP contribution >= 0.6 is 0 Å². The quantitative estimate of drug-likeness (QED) is 0.276. The van der Waals surface area contributed by atoms with Crippen LogP contribution in [0, 0.1) is 0 Å². The molecule has 146 valence electrons. The summed E-state index contributed by atoms with van der Waals surface area (Å²) in [7, 11) is 0. The molecule has 0 N–H and O–H groups in total. The van der Waals surface area contributed by atoms with E-state index in [9.17, 15) is 0 Å². The van der Waals surface area contributed by atoms with E-state index in [0.29, 0.717) is 29.5 Å². The van der Waals surface area contributed by atoms with Crippen LogP contribution in [-0.4, -0.2) is 36.0 Å². The van der Waals surface area contributed by atoms with Crippen molar-refractivity contribution in [3.05, 3.63) is 94.2 Å². The number of nitrogens with zero attached hydrogens (tertiary/aromatic N) is 2. The average molecular weight is 511 g/mol. The fourth-order valence-electron chi connectivity index (χ4n) is 3.47. The van der Waals surface area contributed by atoms with Crippen molar-refractivity contribution < 1.29 is 4.57 Å². The fraction of sp³-hybridized carbons (Fsp3) is 0.160. The molecule has 0 spiro atoms. The van der Waals surface area contributed by atoms with E-state index >= 15 is 0 Å². The van der Waals surface area contributed by atoms with E-state index < -0.39 is 0 Å². The maximum atomic E-state index is 2.43. The van der Waals surface area contributed by atoms with Crippen molar-refractivity contribution in [3.63, 3.8) is 0 Å². The van der Waals surface area contributed by atoms with Crippen molar-refractivity contribution in [2.24, 2.45) is 0 Å². The Morgan fingerprint density at radius 3 is 2.52 bits per heavy atom. The second-order valence-corrected chi connectivity index (χ2v) is 11.1. The molecule has 0 saturated carbocycles. The summed E-state index contributed by atoms with van der Waals surface area (Å²) in [6, 6.07) is 17.5. The third-order valence-electron chi connectivity index (χ3n) is 4.83. The van der Waals surface area contributed by atoms with Gasteiger partial charge < -0.3 is 0 Å². The van der Waals surface area contributed by atoms with Crippen LogP contribution in [0.15, 0.2) is 89.6 Å². The van der Waals surface area contributed by atoms with Crippen molar-refractivity contribution in [2.45, 2.75) is 20.4 Å². The van der Waals surface area contributed by atoms with Gasteiger partial charge in [-0.05, 0) is 0 Å². The van der Waals surface area contributed by atoms with Crippen LogP contribution in [0.3, 0.4) is 0 Å². The molecule has 0 fully saturated rings. The van der Waals surface area contributed by atoms with E-state index in [0.717, 1.165) is 13.1 Å². The number of para-hydroxylation sites is 2. The molecule has 0 atom stereocenters. The molecular formula is C25H25N2Se2+. The summed E-state index contributed by atoms with van der Waals surface area (Å²) in [5.41, 5.74) is 2.76. The molecule has 3 aromatic rings. The second kappa shape index (κ2) is 9.61. The summed E-state index contributed by atoms with van der Waals surface area (Å²) in [5.74, 6) is 0. The number of benzene rings is 2. The molecule has 1 aliphatic rings. The topological polar surface area (TPSA) is 7.12 Å². The number of hydrogen-bond acceptors (Lipinski definition) is 1. The van der Waals surface area contributed by atoms with Gasteiger partial charge in [-0.15, -0.1) is 0 Å². The standard InChI is InChI=1S/C25H25N2Se2/c1-3-26-20-14-10-12-16-22(20)28-24(26)18-8-6-5-7-9-19-25-27(4-2)21-15-11-13-17-23(21)29-25/h5-19H,3-4H2,1-2H3/q+1. The number of fused-ring (bicyclic) bond motifs is 2. The molecule has 2 aromatic carbocycles. The molecule has 2 heterocycles. The number of hydrogen-bond donors (Lipinski definition) is 0. The van der Waals surface area contributed by atoms with E-state index in [1.54, 1.807) is 0 Å². The summed E-state index contributed by atoms with van der Waals surface area (Å²) >= 11 is 0.806. The minimum absolute atomic E-state index is 0.403. The van der Waals surface area contributed by atoms with Crippen molar-refractivity contribution in [1.29, 1.82) is 0 Å². The van der Waals surface area contributed by atoms with Gasteiger partial charge in [0.15, 0.2) is 0 Å². The first kappa shape index (κ1) is 20.2. The molecule has 4 rings (SSSR count). The third-order valence-corrected chi connectivity index (χ3v) is 9.57. The van der Waals surface area contributed by atoms with Gasteiger partial charge in [0.25, 0.3) is 0 Å². The van der Waals surface area contributed by atoms with E-state index in [4.69, 9.17) is 0 Å². The molecule has 0 bridgehead atoms. The van der Waals surface area contributed by atoms with E-state index in [1.165, 1.54) is 29.1 Å². The molecule has 0 amide bonds. The monoisotopic (exact) mass is 513 g/mol. The Bertz CT molecular complexity index is 1120. The summed E-state index contributed by atoms with van der Waals surface area (Å²) in [6.07, 6.45) is 15.2. The van der Waals surface area contributed by atoms with Crippen molar-refractivity contribution in [3.8, 4) is 0 Å². The Balaban J connectivity index is 1.41. The van der Waals surface area contributed by atoms with Crippen LogP contribution in [0.25, 0.3) is 15.9 Å². The number of anilines is 1. The van der Waals surface area contributed by atoms with Crippen molar-refractivity contribution >= 4 is 55.5 Å². The first-order chi connectivity index (χ1) is 14.3. The van der Waals surface area contributed by atoms with Gasteiger partial charge in [0.05, 0.1) is 0 Å². The Hall–Kier alpha value is -2.09. The third kappa shape index (κ3) is 4.42. The van der Waals surface area contributed by atoms with Crippen LogP contribution in [0.4, 0.5) is 5.69 Å². The fourth-order valence-corrected chi connectivity index (χ4v) is 8.25. The Morgan fingerprint density at radius 2 is 1.66 bits per heavy atom. The number of aryl methyl sites for hydroxylation is 1. The van der Waals surface area contributed by atoms with Gasteiger partial charge in [-0.1, -0.05) is 0 Å². The van der Waals surface area contributed by atoms with Gasteiger partial charge in [-0.25, -0.2) is 0 Å². The molecule has 0 saturated heterocycles. The number of aromatic nitrogens is 1. The summed E-state index contributed by atoms with van der Waals surface area (Å²) in [6.45, 7) is 6.49. The van der Waals surface area contributed by atoms with Crippen LogP contribution in [0.5, 0.6) is 0 Å². The van der Waals surface area contributed by atoms with Gasteiger partial charge in [0.2, 0.25) is 0 Å². The van der Waals surface area contributed by atoms with Crippen LogP contribution < -0.4 is 13.9 Å². The van der Waals surface area contributed by atoms with Gasteiger partial charge >= 0.3 is 186 Å². The van der Waals surface area contributed by atoms with E-state index in [1.807, 2.05) is 0 Å². The summed E-state index contributed by atoms with van der Waals surface area (Å²) in [5, 5.41) is 0. The predicted molar refractivity (Wildman–Crippen MR) is 127 cm³/mol. The van der Waals surface area contributed by atoms with Crippen molar-refractivity contribution in [2.75, 3.05) is 11.4 Å². The number of allylic oxidation sites excluding steroid dienone is 6. The molecule has 29 heavy (non-hydrogen) atoms. The van der Waals surface area contributed by atoms with Gasteiger partial charge in [0, 0.05) is 0 Å². The molecule has 4 heteroatoms. The van der Waals surface area contributed by atoms with Crippen LogP contribution in [-0.2, 0) is 6.54 Å². The predicted octanol–water partition coefficient (Wildman–Crippen LogP) is 4.04. The minimum atomic E-state index is 0.403. The zero-order valence-corrected chi connectivity index (χ0v) is 20.2. The van der Waals surface area contributed by atoms with Crippen LogP contribution in [0.2, 0.25) is 0 Å². The zero-order chi connectivity index (χ0) is 20.1. The molecule has 2 nitrogen and oxygen atoms in total. The summed E-state index contributed by atoms with van der Waals surface area (Å²) in [4.78, 5) is 2.43. The second-order valence-electron chi connectivity index (χ2n) is 6.60. The van der Waals surface area contributed by atoms with E-state index in [-0.39, 0.29) is 0 Å². The molecule has 0 aliphatic carbocycles. The van der Waals surface area contributed by atoms with Crippen molar-refractivity contribution in [1.82, 2.24) is 0 Å². The van der Waals surface area contributed by atoms with Crippen LogP contribution in [0.1, 0.15) is 18.4 Å².